The zero-order chi connectivity index (χ0) is 21.2. The molecule has 0 spiro atoms. The Morgan fingerprint density at radius 2 is 2.07 bits per heavy atom. The minimum Gasteiger partial charge on any atom is -0.383 e. The number of nitrogens with two attached hydrogens (primary N) is 1. The van der Waals surface area contributed by atoms with Crippen molar-refractivity contribution in [1.29, 1.82) is 0 Å². The zero-order valence-electron chi connectivity index (χ0n) is 16.6. The summed E-state index contributed by atoms with van der Waals surface area (Å²) in [5.41, 5.74) is 9.57. The molecule has 1 saturated carbocycles. The standard InChI is InChI=1S/C22H21N5O3/c1-9-3-13(9)21(29)27-18-6-11-5-17(25-20(23)15(11)8-24-18)12-7-14-16(4-10(12)2)26-22(30)19(14)28/h4-9,13,19,28H,3H2,1-2H3,(H2,23,25)(H,26,30)(H,24,27,29)/t9-,13-,19?/m0/s1. The number of fused-ring (bicyclic) bond motifs is 2. The van der Waals surface area contributed by atoms with Crippen LogP contribution >= 0.6 is 0 Å². The Morgan fingerprint density at radius 1 is 1.30 bits per heavy atom. The molecule has 0 radical (unpaired) electrons. The number of anilines is 3. The van der Waals surface area contributed by atoms with Crippen molar-refractivity contribution in [3.63, 3.8) is 0 Å². The Bertz CT molecular complexity index is 1240. The Hall–Kier alpha value is -3.52. The molecule has 1 aromatic carbocycles. The maximum absolute atomic E-state index is 12.2. The molecule has 3 atom stereocenters. The van der Waals surface area contributed by atoms with Crippen LogP contribution in [0.25, 0.3) is 22.0 Å². The first-order valence-electron chi connectivity index (χ1n) is 9.83. The van der Waals surface area contributed by atoms with Crippen LogP contribution in [0.2, 0.25) is 0 Å². The van der Waals surface area contributed by atoms with Gasteiger partial charge in [0.2, 0.25) is 5.91 Å². The van der Waals surface area contributed by atoms with E-state index < -0.39 is 12.0 Å². The highest BCUT2D eigenvalue weighted by molar-refractivity contribution is 6.03. The summed E-state index contributed by atoms with van der Waals surface area (Å²) in [5, 5.41) is 17.1. The number of nitrogens with one attached hydrogen (secondary N) is 2. The average Bonchev–Trinajstić information content (AvgIpc) is 3.37. The second-order valence-corrected chi connectivity index (χ2v) is 8.14. The lowest BCUT2D eigenvalue weighted by Gasteiger charge is -2.12. The fourth-order valence-corrected chi connectivity index (χ4v) is 3.96. The molecule has 2 aromatic heterocycles. The molecular weight excluding hydrogens is 382 g/mol. The van der Waals surface area contributed by atoms with Gasteiger partial charge in [-0.2, -0.15) is 0 Å². The van der Waals surface area contributed by atoms with Gasteiger partial charge in [0, 0.05) is 34.3 Å². The van der Waals surface area contributed by atoms with Crippen LogP contribution < -0.4 is 16.4 Å². The smallest absolute Gasteiger partial charge is 0.257 e. The normalized spacial score (nSPS) is 22.0. The van der Waals surface area contributed by atoms with Gasteiger partial charge in [-0.25, -0.2) is 9.97 Å². The molecule has 5 N–H and O–H groups in total. The number of nitrogens with zero attached hydrogens (tertiary/aromatic N) is 2. The Labute approximate surface area is 172 Å². The van der Waals surface area contributed by atoms with E-state index in [2.05, 4.69) is 27.5 Å². The van der Waals surface area contributed by atoms with Crippen LogP contribution in [-0.2, 0) is 9.59 Å². The number of carbonyl (C=O) groups excluding carboxylic acids is 2. The first-order valence-corrected chi connectivity index (χ1v) is 9.83. The van der Waals surface area contributed by atoms with E-state index >= 15 is 0 Å². The summed E-state index contributed by atoms with van der Waals surface area (Å²) in [6, 6.07) is 7.23. The highest BCUT2D eigenvalue weighted by Gasteiger charge is 2.39. The van der Waals surface area contributed by atoms with Crippen molar-refractivity contribution >= 4 is 39.9 Å². The molecule has 1 fully saturated rings. The highest BCUT2D eigenvalue weighted by Crippen LogP contribution is 2.39. The van der Waals surface area contributed by atoms with E-state index in [1.807, 2.05) is 19.1 Å². The molecule has 5 rings (SSSR count). The molecule has 1 unspecified atom stereocenters. The molecule has 1 aliphatic heterocycles. The quantitative estimate of drug-likeness (QED) is 0.532. The third kappa shape index (κ3) is 2.96. The van der Waals surface area contributed by atoms with Crippen LogP contribution in [0.15, 0.2) is 30.5 Å². The Balaban J connectivity index is 1.55. The van der Waals surface area contributed by atoms with Crippen molar-refractivity contribution in [3.05, 3.63) is 41.6 Å². The molecule has 152 valence electrons. The van der Waals surface area contributed by atoms with Crippen LogP contribution in [0, 0.1) is 18.8 Å². The number of aryl methyl sites for hydroxylation is 1. The predicted octanol–water partition coefficient (Wildman–Crippen LogP) is 2.77. The van der Waals surface area contributed by atoms with Crippen molar-refractivity contribution in [2.24, 2.45) is 11.8 Å². The zero-order valence-corrected chi connectivity index (χ0v) is 16.6. The maximum Gasteiger partial charge on any atom is 0.257 e. The molecule has 3 aromatic rings. The molecule has 0 saturated heterocycles. The number of amides is 2. The number of hydrogen-bond donors (Lipinski definition) is 4. The second kappa shape index (κ2) is 6.50. The van der Waals surface area contributed by atoms with E-state index in [-0.39, 0.29) is 11.8 Å². The van der Waals surface area contributed by atoms with Crippen molar-refractivity contribution in [1.82, 2.24) is 9.97 Å². The minimum absolute atomic E-state index is 0.0165. The first kappa shape index (κ1) is 18.5. The van der Waals surface area contributed by atoms with Crippen LogP contribution in [0.4, 0.5) is 17.3 Å². The lowest BCUT2D eigenvalue weighted by molar-refractivity contribution is -0.123. The molecule has 30 heavy (non-hydrogen) atoms. The number of nitrogen functional groups attached to an aromatic ring is 1. The van der Waals surface area contributed by atoms with Gasteiger partial charge in [0.1, 0.15) is 11.6 Å². The number of rotatable bonds is 3. The molecule has 2 amide bonds. The topological polar surface area (TPSA) is 130 Å². The Kier molecular flexibility index (Phi) is 4.01. The monoisotopic (exact) mass is 403 g/mol. The first-order chi connectivity index (χ1) is 14.3. The Morgan fingerprint density at radius 3 is 2.80 bits per heavy atom. The summed E-state index contributed by atoms with van der Waals surface area (Å²) in [5.74, 6) is 0.798. The summed E-state index contributed by atoms with van der Waals surface area (Å²) in [6.07, 6.45) is 1.31. The van der Waals surface area contributed by atoms with E-state index in [1.165, 1.54) is 0 Å². The molecule has 0 bridgehead atoms. The largest absolute Gasteiger partial charge is 0.383 e. The number of aliphatic hydroxyl groups excluding tert-OH is 1. The van der Waals surface area contributed by atoms with E-state index in [1.54, 1.807) is 18.3 Å². The van der Waals surface area contributed by atoms with Gasteiger partial charge in [0.05, 0.1) is 5.69 Å². The molecule has 8 heteroatoms. The minimum atomic E-state index is -1.20. The van der Waals surface area contributed by atoms with Gasteiger partial charge in [0.25, 0.3) is 5.91 Å². The fraction of sp³-hybridized carbons (Fsp3) is 0.273. The maximum atomic E-state index is 12.2. The number of benzene rings is 1. The lowest BCUT2D eigenvalue weighted by atomic mass is 9.98. The van der Waals surface area contributed by atoms with Gasteiger partial charge in [-0.15, -0.1) is 0 Å². The number of aromatic nitrogens is 2. The number of aliphatic hydroxyl groups is 1. The molecule has 1 aliphatic carbocycles. The summed E-state index contributed by atoms with van der Waals surface area (Å²) in [7, 11) is 0. The van der Waals surface area contributed by atoms with Gasteiger partial charge >= 0.3 is 0 Å². The third-order valence-electron chi connectivity index (χ3n) is 5.92. The number of pyridine rings is 2. The molecule has 3 heterocycles. The lowest BCUT2D eigenvalue weighted by Crippen LogP contribution is -2.15. The fourth-order valence-electron chi connectivity index (χ4n) is 3.96. The van der Waals surface area contributed by atoms with E-state index in [4.69, 9.17) is 5.73 Å². The van der Waals surface area contributed by atoms with E-state index in [0.29, 0.717) is 39.9 Å². The van der Waals surface area contributed by atoms with Gasteiger partial charge in [-0.1, -0.05) is 6.92 Å². The summed E-state index contributed by atoms with van der Waals surface area (Å²) >= 11 is 0. The molecule has 8 nitrogen and oxygen atoms in total. The van der Waals surface area contributed by atoms with E-state index in [0.717, 1.165) is 22.9 Å². The van der Waals surface area contributed by atoms with Gasteiger partial charge in [-0.3, -0.25) is 9.59 Å². The summed E-state index contributed by atoms with van der Waals surface area (Å²) in [6.45, 7) is 3.96. The van der Waals surface area contributed by atoms with Crippen LogP contribution in [-0.4, -0.2) is 26.9 Å². The van der Waals surface area contributed by atoms with Crippen molar-refractivity contribution < 1.29 is 14.7 Å². The van der Waals surface area contributed by atoms with E-state index in [9.17, 15) is 14.7 Å². The molecule has 2 aliphatic rings. The van der Waals surface area contributed by atoms with Crippen LogP contribution in [0.1, 0.15) is 30.6 Å². The summed E-state index contributed by atoms with van der Waals surface area (Å²) in [4.78, 5) is 32.8. The van der Waals surface area contributed by atoms with Crippen LogP contribution in [0.5, 0.6) is 0 Å². The van der Waals surface area contributed by atoms with Gasteiger partial charge in [-0.05, 0) is 54.5 Å². The summed E-state index contributed by atoms with van der Waals surface area (Å²) < 4.78 is 0. The SMILES string of the molecule is Cc1cc2c(cc1-c1cc3cc(NC(=O)[C@H]4C[C@@H]4C)ncc3c(N)n1)C(O)C(=O)N2. The number of carbonyl (C=O) groups is 2. The van der Waals surface area contributed by atoms with Crippen molar-refractivity contribution in [3.8, 4) is 11.3 Å². The molecular formula is C22H21N5O3. The van der Waals surface area contributed by atoms with Crippen LogP contribution in [0.3, 0.4) is 0 Å². The number of hydrogen-bond acceptors (Lipinski definition) is 6. The van der Waals surface area contributed by atoms with Crippen molar-refractivity contribution in [2.75, 3.05) is 16.4 Å². The predicted molar refractivity (Wildman–Crippen MR) is 114 cm³/mol. The highest BCUT2D eigenvalue weighted by atomic mass is 16.3. The second-order valence-electron chi connectivity index (χ2n) is 8.14. The van der Waals surface area contributed by atoms with Gasteiger partial charge in [0.15, 0.2) is 6.10 Å². The van der Waals surface area contributed by atoms with Gasteiger partial charge < -0.3 is 21.5 Å². The third-order valence-corrected chi connectivity index (χ3v) is 5.92. The van der Waals surface area contributed by atoms with Crippen molar-refractivity contribution in [2.45, 2.75) is 26.4 Å². The average molecular weight is 403 g/mol.